The Labute approximate surface area is 184 Å². The van der Waals surface area contributed by atoms with Crippen LogP contribution < -0.4 is 10.0 Å². The Kier molecular flexibility index (Phi) is 10.8. The predicted octanol–water partition coefficient (Wildman–Crippen LogP) is 4.46. The Hall–Kier alpha value is -0.760. The maximum Gasteiger partial charge on any atom is 0.240 e. The van der Waals surface area contributed by atoms with Crippen LogP contribution in [0.5, 0.6) is 0 Å². The van der Waals surface area contributed by atoms with Gasteiger partial charge in [0.15, 0.2) is 0 Å². The summed E-state index contributed by atoms with van der Waals surface area (Å²) < 4.78 is 27.4. The first-order valence-corrected chi connectivity index (χ1v) is 13.5. The lowest BCUT2D eigenvalue weighted by Crippen LogP contribution is -2.36. The number of unbranched alkanes of at least 4 members (excludes halogenated alkanes) is 1. The van der Waals surface area contributed by atoms with Gasteiger partial charge in [0.1, 0.15) is 0 Å². The molecule has 1 aliphatic carbocycles. The van der Waals surface area contributed by atoms with Crippen LogP contribution in [-0.2, 0) is 14.8 Å². The molecule has 2 rings (SSSR count). The van der Waals surface area contributed by atoms with E-state index in [9.17, 15) is 13.2 Å². The number of hydrogen-bond donors (Lipinski definition) is 2. The molecule has 0 aromatic heterocycles. The summed E-state index contributed by atoms with van der Waals surface area (Å²) in [7, 11) is -3.52. The van der Waals surface area contributed by atoms with Crippen LogP contribution in [0.3, 0.4) is 0 Å². The zero-order valence-electron chi connectivity index (χ0n) is 17.2. The average Bonchev–Trinajstić information content (AvgIpc) is 2.72. The summed E-state index contributed by atoms with van der Waals surface area (Å²) in [5, 5.41) is 3.58. The van der Waals surface area contributed by atoms with Gasteiger partial charge in [0, 0.05) is 24.0 Å². The van der Waals surface area contributed by atoms with E-state index >= 15 is 0 Å². The van der Waals surface area contributed by atoms with Gasteiger partial charge in [-0.05, 0) is 80.2 Å². The van der Waals surface area contributed by atoms with Gasteiger partial charge in [0.05, 0.1) is 4.90 Å². The molecule has 5 nitrogen and oxygen atoms in total. The fraction of sp³-hybridized carbons (Fsp3) is 0.667. The van der Waals surface area contributed by atoms with Crippen molar-refractivity contribution in [1.82, 2.24) is 10.0 Å². The molecule has 1 amide bonds. The number of sulfonamides is 1. The molecule has 8 heteroatoms. The first-order valence-electron chi connectivity index (χ1n) is 10.5. The highest BCUT2D eigenvalue weighted by atomic mass is 35.5. The van der Waals surface area contributed by atoms with E-state index in [1.165, 1.54) is 30.7 Å². The molecular weight excluding hydrogens is 428 g/mol. The Bertz CT molecular complexity index is 718. The van der Waals surface area contributed by atoms with Crippen molar-refractivity contribution in [2.75, 3.05) is 24.6 Å². The summed E-state index contributed by atoms with van der Waals surface area (Å²) in [6.45, 7) is 3.36. The second kappa shape index (κ2) is 12.8. The quantitative estimate of drug-likeness (QED) is 0.451. The third kappa shape index (κ3) is 8.87. The minimum atomic E-state index is -3.52. The summed E-state index contributed by atoms with van der Waals surface area (Å²) >= 11 is 7.77. The van der Waals surface area contributed by atoms with Gasteiger partial charge in [0.2, 0.25) is 15.9 Å². The molecule has 2 N–H and O–H groups in total. The fourth-order valence-electron chi connectivity index (χ4n) is 3.43. The molecule has 1 aromatic rings. The van der Waals surface area contributed by atoms with Crippen molar-refractivity contribution in [1.29, 1.82) is 0 Å². The Morgan fingerprint density at radius 1 is 1.10 bits per heavy atom. The van der Waals surface area contributed by atoms with Crippen LogP contribution in [0, 0.1) is 11.8 Å². The van der Waals surface area contributed by atoms with Crippen molar-refractivity contribution in [2.45, 2.75) is 56.8 Å². The number of amides is 1. The van der Waals surface area contributed by atoms with Crippen molar-refractivity contribution in [3.05, 3.63) is 29.3 Å². The van der Waals surface area contributed by atoms with Crippen LogP contribution in [-0.4, -0.2) is 38.9 Å². The molecule has 0 spiro atoms. The van der Waals surface area contributed by atoms with Crippen molar-refractivity contribution in [2.24, 2.45) is 11.8 Å². The van der Waals surface area contributed by atoms with Gasteiger partial charge in [-0.15, -0.1) is 0 Å². The number of carbonyl (C=O) groups excluding carboxylic acids is 1. The van der Waals surface area contributed by atoms with Crippen LogP contribution in [0.4, 0.5) is 0 Å². The highest BCUT2D eigenvalue weighted by molar-refractivity contribution is 7.99. The third-order valence-electron chi connectivity index (χ3n) is 5.31. The molecule has 29 heavy (non-hydrogen) atoms. The lowest BCUT2D eigenvalue weighted by atomic mass is 9.81. The number of halogens is 1. The Balaban J connectivity index is 1.63. The van der Waals surface area contributed by atoms with Crippen molar-refractivity contribution in [3.8, 4) is 0 Å². The number of hydrogen-bond acceptors (Lipinski definition) is 4. The lowest BCUT2D eigenvalue weighted by Gasteiger charge is -2.27. The third-order valence-corrected chi connectivity index (χ3v) is 8.16. The second-order valence-corrected chi connectivity index (χ2v) is 11.1. The summed E-state index contributed by atoms with van der Waals surface area (Å²) in [6, 6.07) is 6.16. The zero-order valence-corrected chi connectivity index (χ0v) is 19.6. The van der Waals surface area contributed by atoms with E-state index in [2.05, 4.69) is 17.0 Å². The minimum Gasteiger partial charge on any atom is -0.356 e. The molecule has 0 radical (unpaired) electrons. The van der Waals surface area contributed by atoms with Gasteiger partial charge in [-0.2, -0.15) is 11.8 Å². The molecule has 0 atom stereocenters. The summed E-state index contributed by atoms with van der Waals surface area (Å²) in [6.07, 6.45) is 6.89. The standard InChI is InChI=1S/C21H33ClN2O3S2/c1-2-3-14-28-15-4-13-23-21(25)18-7-5-17(6-8-18)16-24-29(26,27)20-11-9-19(22)10-12-20/h9-12,17-18,24H,2-8,13-16H2,1H3,(H,23,25). The fourth-order valence-corrected chi connectivity index (χ4v) is 5.72. The number of carbonyl (C=O) groups is 1. The topological polar surface area (TPSA) is 75.3 Å². The summed E-state index contributed by atoms with van der Waals surface area (Å²) in [4.78, 5) is 12.6. The molecular formula is C21H33ClN2O3S2. The average molecular weight is 461 g/mol. The second-order valence-electron chi connectivity index (χ2n) is 7.63. The number of rotatable bonds is 12. The first kappa shape index (κ1) is 24.5. The molecule has 164 valence electrons. The van der Waals surface area contributed by atoms with E-state index in [0.717, 1.165) is 44.4 Å². The maximum atomic E-state index is 12.4. The van der Waals surface area contributed by atoms with E-state index in [4.69, 9.17) is 11.6 Å². The van der Waals surface area contributed by atoms with E-state index < -0.39 is 10.0 Å². The van der Waals surface area contributed by atoms with Crippen LogP contribution in [0.2, 0.25) is 5.02 Å². The normalized spacial score (nSPS) is 19.8. The van der Waals surface area contributed by atoms with E-state index in [-0.39, 0.29) is 22.6 Å². The molecule has 1 aliphatic rings. The maximum absolute atomic E-state index is 12.4. The molecule has 1 fully saturated rings. The van der Waals surface area contributed by atoms with Crippen LogP contribution >= 0.6 is 23.4 Å². The zero-order chi connectivity index (χ0) is 21.1. The number of nitrogens with one attached hydrogen (secondary N) is 2. The van der Waals surface area contributed by atoms with Gasteiger partial charge in [-0.1, -0.05) is 24.9 Å². The number of thioether (sulfide) groups is 1. The largest absolute Gasteiger partial charge is 0.356 e. The molecule has 0 unspecified atom stereocenters. The molecule has 0 bridgehead atoms. The lowest BCUT2D eigenvalue weighted by molar-refractivity contribution is -0.126. The predicted molar refractivity (Wildman–Crippen MR) is 122 cm³/mol. The van der Waals surface area contributed by atoms with Gasteiger partial charge in [-0.25, -0.2) is 13.1 Å². The Morgan fingerprint density at radius 2 is 1.76 bits per heavy atom. The van der Waals surface area contributed by atoms with Gasteiger partial charge >= 0.3 is 0 Å². The van der Waals surface area contributed by atoms with Crippen LogP contribution in [0.1, 0.15) is 51.9 Å². The number of benzene rings is 1. The molecule has 1 saturated carbocycles. The van der Waals surface area contributed by atoms with E-state index in [1.54, 1.807) is 12.1 Å². The molecule has 0 saturated heterocycles. The van der Waals surface area contributed by atoms with Crippen LogP contribution in [0.15, 0.2) is 29.2 Å². The minimum absolute atomic E-state index is 0.0619. The summed E-state index contributed by atoms with van der Waals surface area (Å²) in [5.41, 5.74) is 0. The van der Waals surface area contributed by atoms with E-state index in [0.29, 0.717) is 11.6 Å². The van der Waals surface area contributed by atoms with Crippen molar-refractivity contribution in [3.63, 3.8) is 0 Å². The first-order chi connectivity index (χ1) is 13.9. The van der Waals surface area contributed by atoms with E-state index in [1.807, 2.05) is 11.8 Å². The SMILES string of the molecule is CCCCSCCCNC(=O)C1CCC(CNS(=O)(=O)c2ccc(Cl)cc2)CC1. The molecule has 0 heterocycles. The monoisotopic (exact) mass is 460 g/mol. The van der Waals surface area contributed by atoms with Crippen LogP contribution in [0.25, 0.3) is 0 Å². The Morgan fingerprint density at radius 3 is 2.41 bits per heavy atom. The van der Waals surface area contributed by atoms with Gasteiger partial charge < -0.3 is 5.32 Å². The smallest absolute Gasteiger partial charge is 0.240 e. The van der Waals surface area contributed by atoms with Crippen molar-refractivity contribution < 1.29 is 13.2 Å². The summed E-state index contributed by atoms with van der Waals surface area (Å²) in [5.74, 6) is 2.79. The van der Waals surface area contributed by atoms with Gasteiger partial charge in [0.25, 0.3) is 0 Å². The molecule has 1 aromatic carbocycles. The van der Waals surface area contributed by atoms with Gasteiger partial charge in [-0.3, -0.25) is 4.79 Å². The highest BCUT2D eigenvalue weighted by Crippen LogP contribution is 2.29. The van der Waals surface area contributed by atoms with Crippen molar-refractivity contribution >= 4 is 39.3 Å². The molecule has 0 aliphatic heterocycles. The highest BCUT2D eigenvalue weighted by Gasteiger charge is 2.27.